The molecule has 25 heavy (non-hydrogen) atoms. The minimum absolute atomic E-state index is 0.549. The molecule has 3 nitrogen and oxygen atoms in total. The second kappa shape index (κ2) is 21.5. The summed E-state index contributed by atoms with van der Waals surface area (Å²) in [7, 11) is 0. The van der Waals surface area contributed by atoms with Crippen molar-refractivity contribution in [3.63, 3.8) is 0 Å². The first kappa shape index (κ1) is 24.4. The molecule has 0 aromatic rings. The van der Waals surface area contributed by atoms with Gasteiger partial charge in [-0.3, -0.25) is 4.79 Å². The minimum atomic E-state index is 0.549. The molecule has 0 heterocycles. The van der Waals surface area contributed by atoms with Crippen LogP contribution in [0.25, 0.3) is 0 Å². The molecule has 0 aromatic heterocycles. The van der Waals surface area contributed by atoms with Gasteiger partial charge in [-0.05, 0) is 32.5 Å². The van der Waals surface area contributed by atoms with Crippen LogP contribution in [0.1, 0.15) is 110 Å². The van der Waals surface area contributed by atoms with Gasteiger partial charge in [-0.2, -0.15) is 0 Å². The van der Waals surface area contributed by atoms with Gasteiger partial charge in [0.2, 0.25) is 0 Å². The van der Waals surface area contributed by atoms with Crippen molar-refractivity contribution in [2.75, 3.05) is 26.2 Å². The summed E-state index contributed by atoms with van der Waals surface area (Å²) in [6.45, 7) is 9.36. The van der Waals surface area contributed by atoms with Crippen molar-refractivity contribution in [2.45, 2.75) is 110 Å². The molecule has 0 rings (SSSR count). The molecule has 0 bridgehead atoms. The van der Waals surface area contributed by atoms with Gasteiger partial charge >= 0.3 is 0 Å². The van der Waals surface area contributed by atoms with Crippen molar-refractivity contribution < 1.29 is 9.53 Å². The maximum absolute atomic E-state index is 9.98. The molecule has 0 aliphatic heterocycles. The van der Waals surface area contributed by atoms with Crippen LogP contribution in [0.3, 0.4) is 0 Å². The molecule has 3 heteroatoms. The Balaban J connectivity index is 3.04. The fourth-order valence-corrected chi connectivity index (χ4v) is 3.41. The highest BCUT2D eigenvalue weighted by Crippen LogP contribution is 2.13. The van der Waals surface area contributed by atoms with E-state index < -0.39 is 0 Å². The Kier molecular flexibility index (Phi) is 21.0. The molecule has 0 amide bonds. The third kappa shape index (κ3) is 19.6. The van der Waals surface area contributed by atoms with Gasteiger partial charge in [0.05, 0.1) is 6.61 Å². The number of nitrogens with zero attached hydrogens (tertiary/aromatic N) is 1. The van der Waals surface area contributed by atoms with Crippen molar-refractivity contribution in [3.05, 3.63) is 0 Å². The lowest BCUT2D eigenvalue weighted by molar-refractivity contribution is -0.128. The van der Waals surface area contributed by atoms with Gasteiger partial charge in [0, 0.05) is 0 Å². The van der Waals surface area contributed by atoms with Gasteiger partial charge in [0.15, 0.2) is 0 Å². The van der Waals surface area contributed by atoms with E-state index in [4.69, 9.17) is 0 Å². The van der Waals surface area contributed by atoms with Crippen LogP contribution in [-0.2, 0) is 9.53 Å². The van der Waals surface area contributed by atoms with E-state index in [1.807, 2.05) is 0 Å². The first-order valence-electron chi connectivity index (χ1n) is 11.1. The summed E-state index contributed by atoms with van der Waals surface area (Å²) in [6.07, 6.45) is 20.4. The highest BCUT2D eigenvalue weighted by Gasteiger charge is 1.98. The zero-order chi connectivity index (χ0) is 18.4. The zero-order valence-corrected chi connectivity index (χ0v) is 17.3. The van der Waals surface area contributed by atoms with E-state index >= 15 is 0 Å². The maximum atomic E-state index is 9.98. The molecule has 0 aliphatic rings. The fraction of sp³-hybridized carbons (Fsp3) is 0.955. The number of hydrogen-bond donors (Lipinski definition) is 0. The molecular formula is C22H45NO2. The van der Waals surface area contributed by atoms with E-state index in [0.29, 0.717) is 13.1 Å². The molecule has 0 atom stereocenters. The lowest BCUT2D eigenvalue weighted by Crippen LogP contribution is -2.23. The second-order valence-corrected chi connectivity index (χ2v) is 7.30. The molecule has 0 spiro atoms. The lowest BCUT2D eigenvalue weighted by atomic mass is 10.0. The fourth-order valence-electron chi connectivity index (χ4n) is 3.41. The molecule has 0 fully saturated rings. The first-order valence-corrected chi connectivity index (χ1v) is 11.1. The van der Waals surface area contributed by atoms with Crippen molar-refractivity contribution in [1.82, 2.24) is 4.90 Å². The monoisotopic (exact) mass is 355 g/mol. The van der Waals surface area contributed by atoms with Gasteiger partial charge in [-0.25, -0.2) is 0 Å². The molecule has 0 N–H and O–H groups in total. The van der Waals surface area contributed by atoms with E-state index in [-0.39, 0.29) is 0 Å². The number of unbranched alkanes of at least 4 members (excludes halogenated alkanes) is 14. The number of hydrogen-bond acceptors (Lipinski definition) is 3. The summed E-state index contributed by atoms with van der Waals surface area (Å²) in [5.74, 6) is 0. The molecule has 0 saturated heterocycles. The topological polar surface area (TPSA) is 29.5 Å². The van der Waals surface area contributed by atoms with Gasteiger partial charge < -0.3 is 9.64 Å². The number of carbonyl (C=O) groups is 1. The van der Waals surface area contributed by atoms with E-state index in [2.05, 4.69) is 23.5 Å². The summed E-state index contributed by atoms with van der Waals surface area (Å²) >= 11 is 0. The highest BCUT2D eigenvalue weighted by molar-refractivity contribution is 5.36. The van der Waals surface area contributed by atoms with E-state index in [9.17, 15) is 4.79 Å². The van der Waals surface area contributed by atoms with Gasteiger partial charge in [0.1, 0.15) is 0 Å². The zero-order valence-electron chi connectivity index (χ0n) is 17.3. The van der Waals surface area contributed by atoms with Crippen molar-refractivity contribution in [3.8, 4) is 0 Å². The molecule has 0 unspecified atom stereocenters. The smallest absolute Gasteiger partial charge is 0.293 e. The van der Waals surface area contributed by atoms with Crippen LogP contribution < -0.4 is 0 Å². The number of ether oxygens (including phenoxy) is 1. The summed E-state index contributed by atoms with van der Waals surface area (Å²) in [5.41, 5.74) is 0. The maximum Gasteiger partial charge on any atom is 0.293 e. The summed E-state index contributed by atoms with van der Waals surface area (Å²) < 4.78 is 4.69. The lowest BCUT2D eigenvalue weighted by Gasteiger charge is -2.17. The highest BCUT2D eigenvalue weighted by atomic mass is 16.5. The Morgan fingerprint density at radius 1 is 0.600 bits per heavy atom. The third-order valence-electron chi connectivity index (χ3n) is 5.20. The Bertz CT molecular complexity index is 254. The SMILES string of the molecule is CCN(CC)CCCCCCCCCCCCCCCCCOC=O. The molecular weight excluding hydrogens is 310 g/mol. The van der Waals surface area contributed by atoms with Gasteiger partial charge in [-0.15, -0.1) is 0 Å². The Morgan fingerprint density at radius 3 is 1.32 bits per heavy atom. The van der Waals surface area contributed by atoms with Crippen LogP contribution in [0.5, 0.6) is 0 Å². The minimum Gasteiger partial charge on any atom is -0.468 e. The quantitative estimate of drug-likeness (QED) is 0.177. The van der Waals surface area contributed by atoms with E-state index in [1.54, 1.807) is 0 Å². The number of carbonyl (C=O) groups excluding carboxylic acids is 1. The molecule has 150 valence electrons. The third-order valence-corrected chi connectivity index (χ3v) is 5.20. The summed E-state index contributed by atoms with van der Waals surface area (Å²) in [4.78, 5) is 12.5. The molecule has 0 aliphatic carbocycles. The van der Waals surface area contributed by atoms with Gasteiger partial charge in [-0.1, -0.05) is 97.3 Å². The predicted molar refractivity (Wildman–Crippen MR) is 109 cm³/mol. The Labute approximate surface area is 157 Å². The van der Waals surface area contributed by atoms with Crippen LogP contribution >= 0.6 is 0 Å². The van der Waals surface area contributed by atoms with E-state index in [0.717, 1.165) is 6.42 Å². The van der Waals surface area contributed by atoms with Crippen LogP contribution in [-0.4, -0.2) is 37.6 Å². The van der Waals surface area contributed by atoms with Crippen molar-refractivity contribution in [2.24, 2.45) is 0 Å². The summed E-state index contributed by atoms with van der Waals surface area (Å²) in [6, 6.07) is 0. The van der Waals surface area contributed by atoms with Crippen LogP contribution in [0.2, 0.25) is 0 Å². The first-order chi connectivity index (χ1) is 12.3. The molecule has 0 saturated carbocycles. The largest absolute Gasteiger partial charge is 0.468 e. The van der Waals surface area contributed by atoms with E-state index in [1.165, 1.54) is 110 Å². The van der Waals surface area contributed by atoms with Crippen molar-refractivity contribution >= 4 is 6.47 Å². The van der Waals surface area contributed by atoms with Crippen LogP contribution in [0, 0.1) is 0 Å². The average molecular weight is 356 g/mol. The number of rotatable bonds is 21. The average Bonchev–Trinajstić information content (AvgIpc) is 2.64. The van der Waals surface area contributed by atoms with Gasteiger partial charge in [0.25, 0.3) is 6.47 Å². The van der Waals surface area contributed by atoms with Crippen molar-refractivity contribution in [1.29, 1.82) is 0 Å². The standard InChI is InChI=1S/C22H45NO2/c1-3-23(4-2)20-18-16-14-12-10-8-6-5-7-9-11-13-15-17-19-21-25-22-24/h22H,3-21H2,1-2H3. The Hall–Kier alpha value is -0.570. The Morgan fingerprint density at radius 2 is 0.960 bits per heavy atom. The second-order valence-electron chi connectivity index (χ2n) is 7.30. The molecule has 0 aromatic carbocycles. The molecule has 0 radical (unpaired) electrons. The van der Waals surface area contributed by atoms with Crippen LogP contribution in [0.4, 0.5) is 0 Å². The van der Waals surface area contributed by atoms with Crippen LogP contribution in [0.15, 0.2) is 0 Å². The normalized spacial score (nSPS) is 11.2. The summed E-state index contributed by atoms with van der Waals surface area (Å²) in [5, 5.41) is 0. The predicted octanol–water partition coefficient (Wildman–Crippen LogP) is 6.35.